The lowest BCUT2D eigenvalue weighted by molar-refractivity contribution is -0.1000. The van der Waals surface area contributed by atoms with E-state index in [1.54, 1.807) is 6.20 Å². The van der Waals surface area contributed by atoms with Gasteiger partial charge < -0.3 is 21.1 Å². The van der Waals surface area contributed by atoms with Crippen LogP contribution in [0.1, 0.15) is 75.1 Å². The minimum Gasteiger partial charge on any atom is -0.375 e. The Labute approximate surface area is 159 Å². The fourth-order valence-corrected chi connectivity index (χ4v) is 5.41. The molecule has 0 aromatic carbocycles. The van der Waals surface area contributed by atoms with Gasteiger partial charge >= 0.3 is 0 Å². The minimum atomic E-state index is -0.486. The summed E-state index contributed by atoms with van der Waals surface area (Å²) in [5.41, 5.74) is 6.49. The van der Waals surface area contributed by atoms with E-state index in [1.165, 1.54) is 12.8 Å². The summed E-state index contributed by atoms with van der Waals surface area (Å²) < 4.78 is 6.03. The van der Waals surface area contributed by atoms with E-state index in [2.05, 4.69) is 27.5 Å². The Bertz CT molecular complexity index is 735. The number of amides is 1. The molecule has 4 N–H and O–H groups in total. The number of nitrogens with one attached hydrogen (secondary N) is 2. The van der Waals surface area contributed by atoms with Crippen molar-refractivity contribution in [3.63, 3.8) is 0 Å². The van der Waals surface area contributed by atoms with E-state index in [9.17, 15) is 4.79 Å². The first-order valence-electron chi connectivity index (χ1n) is 10.3. The molecule has 1 aromatic heterocycles. The van der Waals surface area contributed by atoms with E-state index in [4.69, 9.17) is 10.5 Å². The summed E-state index contributed by atoms with van der Waals surface area (Å²) in [7, 11) is 0. The molecule has 1 amide bonds. The Morgan fingerprint density at radius 2 is 1.78 bits per heavy atom. The van der Waals surface area contributed by atoms with Crippen molar-refractivity contribution in [3.8, 4) is 0 Å². The van der Waals surface area contributed by atoms with E-state index in [1.807, 2.05) is 0 Å². The second-order valence-corrected chi connectivity index (χ2v) is 9.52. The molecule has 1 heterocycles. The number of nitrogens with two attached hydrogens (primary N) is 1. The first-order valence-corrected chi connectivity index (χ1v) is 10.3. The van der Waals surface area contributed by atoms with Crippen LogP contribution in [-0.2, 0) is 4.74 Å². The van der Waals surface area contributed by atoms with Crippen LogP contribution >= 0.6 is 0 Å². The molecule has 2 bridgehead atoms. The van der Waals surface area contributed by atoms with Crippen molar-refractivity contribution in [3.05, 3.63) is 11.8 Å². The van der Waals surface area contributed by atoms with E-state index in [0.29, 0.717) is 41.0 Å². The quantitative estimate of drug-likeness (QED) is 0.681. The number of hydrogen-bond donors (Lipinski definition) is 3. The molecule has 0 saturated heterocycles. The lowest BCUT2D eigenvalue weighted by atomic mass is 9.40. The molecule has 0 unspecified atom stereocenters. The van der Waals surface area contributed by atoms with Gasteiger partial charge in [-0.2, -0.15) is 4.98 Å². The van der Waals surface area contributed by atoms with Crippen molar-refractivity contribution in [2.75, 3.05) is 10.6 Å². The molecule has 0 radical (unpaired) electrons. The monoisotopic (exact) mass is 371 g/mol. The first-order chi connectivity index (χ1) is 12.9. The topological polar surface area (TPSA) is 102 Å². The number of anilines is 2. The number of nitrogens with zero attached hydrogens (tertiary/aromatic N) is 2. The third kappa shape index (κ3) is 3.37. The van der Waals surface area contributed by atoms with Gasteiger partial charge in [0.25, 0.3) is 5.91 Å². The smallest absolute Gasteiger partial charge is 0.254 e. The molecule has 5 aliphatic rings. The van der Waals surface area contributed by atoms with E-state index >= 15 is 0 Å². The predicted octanol–water partition coefficient (Wildman–Crippen LogP) is 2.83. The van der Waals surface area contributed by atoms with Gasteiger partial charge in [-0.1, -0.05) is 6.92 Å². The lowest BCUT2D eigenvalue weighted by Gasteiger charge is -2.69. The van der Waals surface area contributed by atoms with Gasteiger partial charge in [-0.05, 0) is 63.2 Å². The Hall–Kier alpha value is -1.89. The maximum Gasteiger partial charge on any atom is 0.254 e. The summed E-state index contributed by atoms with van der Waals surface area (Å²) in [6, 6.07) is 0.352. The largest absolute Gasteiger partial charge is 0.375 e. The fraction of sp³-hybridized carbons (Fsp3) is 0.750. The zero-order chi connectivity index (χ0) is 18.6. The van der Waals surface area contributed by atoms with Gasteiger partial charge in [0, 0.05) is 17.8 Å². The van der Waals surface area contributed by atoms with Crippen molar-refractivity contribution in [2.24, 2.45) is 11.1 Å². The molecule has 5 saturated carbocycles. The molecule has 1 aromatic rings. The molecule has 146 valence electrons. The second-order valence-electron chi connectivity index (χ2n) is 9.52. The highest BCUT2D eigenvalue weighted by atomic mass is 16.5. The van der Waals surface area contributed by atoms with Crippen molar-refractivity contribution in [1.82, 2.24) is 9.97 Å². The van der Waals surface area contributed by atoms with Crippen molar-refractivity contribution >= 4 is 17.7 Å². The number of carbonyl (C=O) groups is 1. The fourth-order valence-electron chi connectivity index (χ4n) is 5.41. The molecule has 5 fully saturated rings. The summed E-state index contributed by atoms with van der Waals surface area (Å²) in [5.74, 6) is 0.666. The number of aromatic nitrogens is 2. The third-order valence-electron chi connectivity index (χ3n) is 6.65. The van der Waals surface area contributed by atoms with Gasteiger partial charge in [-0.3, -0.25) is 4.79 Å². The Kier molecular flexibility index (Phi) is 3.86. The molecule has 6 rings (SSSR count). The predicted molar refractivity (Wildman–Crippen MR) is 103 cm³/mol. The summed E-state index contributed by atoms with van der Waals surface area (Å²) in [6.07, 6.45) is 12.6. The number of rotatable bonds is 7. The average Bonchev–Trinajstić information content (AvgIpc) is 3.38. The zero-order valence-electron chi connectivity index (χ0n) is 16.0. The van der Waals surface area contributed by atoms with Crippen LogP contribution in [0.25, 0.3) is 0 Å². The van der Waals surface area contributed by atoms with E-state index in [0.717, 1.165) is 44.9 Å². The van der Waals surface area contributed by atoms with E-state index < -0.39 is 5.91 Å². The van der Waals surface area contributed by atoms with Gasteiger partial charge in [-0.15, -0.1) is 0 Å². The second kappa shape index (κ2) is 6.06. The molecule has 0 spiro atoms. The highest BCUT2D eigenvalue weighted by molar-refractivity contribution is 5.97. The molecule has 5 aliphatic carbocycles. The number of hydrogen-bond acceptors (Lipinski definition) is 6. The third-order valence-corrected chi connectivity index (χ3v) is 6.65. The van der Waals surface area contributed by atoms with Gasteiger partial charge in [-0.25, -0.2) is 4.98 Å². The molecular weight excluding hydrogens is 342 g/mol. The zero-order valence-corrected chi connectivity index (χ0v) is 16.0. The van der Waals surface area contributed by atoms with Gasteiger partial charge in [0.1, 0.15) is 5.82 Å². The number of primary amides is 1. The van der Waals surface area contributed by atoms with Crippen LogP contribution in [0.2, 0.25) is 0 Å². The Morgan fingerprint density at radius 3 is 2.33 bits per heavy atom. The van der Waals surface area contributed by atoms with Gasteiger partial charge in [0.15, 0.2) is 0 Å². The van der Waals surface area contributed by atoms with E-state index in [-0.39, 0.29) is 5.54 Å². The molecular formula is C20H29N5O2. The Morgan fingerprint density at radius 1 is 1.15 bits per heavy atom. The highest BCUT2D eigenvalue weighted by Crippen LogP contribution is 2.68. The normalized spacial score (nSPS) is 37.1. The van der Waals surface area contributed by atoms with Crippen LogP contribution in [0.15, 0.2) is 6.20 Å². The van der Waals surface area contributed by atoms with Gasteiger partial charge in [0.2, 0.25) is 5.95 Å². The maximum atomic E-state index is 11.8. The van der Waals surface area contributed by atoms with Crippen molar-refractivity contribution in [1.29, 1.82) is 0 Å². The van der Waals surface area contributed by atoms with Crippen molar-refractivity contribution < 1.29 is 9.53 Å². The first kappa shape index (κ1) is 17.2. The number of carbonyl (C=O) groups excluding carboxylic acids is 1. The van der Waals surface area contributed by atoms with Crippen LogP contribution in [0.5, 0.6) is 0 Å². The highest BCUT2D eigenvalue weighted by Gasteiger charge is 2.65. The molecule has 27 heavy (non-hydrogen) atoms. The summed E-state index contributed by atoms with van der Waals surface area (Å²) in [5, 5.41) is 6.95. The van der Waals surface area contributed by atoms with Crippen LogP contribution in [0.4, 0.5) is 11.8 Å². The van der Waals surface area contributed by atoms with Crippen molar-refractivity contribution in [2.45, 2.75) is 88.5 Å². The Balaban J connectivity index is 1.23. The van der Waals surface area contributed by atoms with Crippen LogP contribution in [0, 0.1) is 5.41 Å². The maximum absolute atomic E-state index is 11.8. The van der Waals surface area contributed by atoms with Crippen LogP contribution < -0.4 is 16.4 Å². The summed E-state index contributed by atoms with van der Waals surface area (Å²) in [4.78, 5) is 20.7. The average molecular weight is 371 g/mol. The minimum absolute atomic E-state index is 0.1000. The number of ether oxygens (including phenoxy) is 1. The molecule has 7 nitrogen and oxygen atoms in total. The lowest BCUT2D eigenvalue weighted by Crippen LogP contribution is -2.69. The van der Waals surface area contributed by atoms with Gasteiger partial charge in [0.05, 0.1) is 17.8 Å². The molecule has 0 aliphatic heterocycles. The molecule has 7 heteroatoms. The molecule has 0 atom stereocenters. The summed E-state index contributed by atoms with van der Waals surface area (Å²) in [6.45, 7) is 2.31. The standard InChI is InChI=1S/C20H29N5O2/c1-19-9-20(10-19,11-19)25-17-15(16(21)26)8-22-18(24-17)23-12-2-4-13(5-3-12)27-14-6-7-14/h8,12-14H,2-7,9-11H2,1H3,(H2,21,26)(H2,22,23,24,25). The van der Waals surface area contributed by atoms with Crippen LogP contribution in [-0.4, -0.2) is 39.7 Å². The summed E-state index contributed by atoms with van der Waals surface area (Å²) >= 11 is 0. The SMILES string of the molecule is CC12CC(Nc3nc(NC4CCC(OC5CC5)CC4)ncc3C(N)=O)(C1)C2. The van der Waals surface area contributed by atoms with Crippen LogP contribution in [0.3, 0.4) is 0 Å².